The van der Waals surface area contributed by atoms with E-state index in [-0.39, 0.29) is 11.8 Å². The van der Waals surface area contributed by atoms with Crippen molar-refractivity contribution in [3.05, 3.63) is 72.2 Å². The summed E-state index contributed by atoms with van der Waals surface area (Å²) in [6.45, 7) is 3.86. The zero-order chi connectivity index (χ0) is 20.5. The van der Waals surface area contributed by atoms with Crippen molar-refractivity contribution in [1.82, 2.24) is 19.6 Å². The Bertz CT molecular complexity index is 1170. The van der Waals surface area contributed by atoms with E-state index in [1.807, 2.05) is 47.4 Å². The van der Waals surface area contributed by atoms with Gasteiger partial charge in [0, 0.05) is 35.8 Å². The van der Waals surface area contributed by atoms with Crippen molar-refractivity contribution >= 4 is 16.8 Å². The summed E-state index contributed by atoms with van der Waals surface area (Å²) < 4.78 is 7.64. The van der Waals surface area contributed by atoms with E-state index >= 15 is 0 Å². The maximum absolute atomic E-state index is 12.9. The van der Waals surface area contributed by atoms with Crippen LogP contribution in [0.3, 0.4) is 0 Å². The predicted molar refractivity (Wildman–Crippen MR) is 115 cm³/mol. The molecule has 6 nitrogen and oxygen atoms in total. The molecule has 5 rings (SSSR count). The van der Waals surface area contributed by atoms with Crippen molar-refractivity contribution in [3.63, 3.8) is 0 Å². The third-order valence-electron chi connectivity index (χ3n) is 5.98. The highest BCUT2D eigenvalue weighted by atomic mass is 16.5. The van der Waals surface area contributed by atoms with Crippen molar-refractivity contribution in [2.75, 3.05) is 13.1 Å². The van der Waals surface area contributed by atoms with Gasteiger partial charge in [-0.2, -0.15) is 4.98 Å². The fourth-order valence-electron chi connectivity index (χ4n) is 4.27. The van der Waals surface area contributed by atoms with Crippen LogP contribution in [0.2, 0.25) is 0 Å². The fourth-order valence-corrected chi connectivity index (χ4v) is 4.27. The van der Waals surface area contributed by atoms with Crippen molar-refractivity contribution in [2.45, 2.75) is 32.2 Å². The number of hydrogen-bond donors (Lipinski definition) is 0. The molecule has 0 radical (unpaired) electrons. The molecule has 0 N–H and O–H groups in total. The molecule has 1 aliphatic heterocycles. The second-order valence-corrected chi connectivity index (χ2v) is 7.91. The molecule has 0 atom stereocenters. The summed E-state index contributed by atoms with van der Waals surface area (Å²) in [4.78, 5) is 19.5. The van der Waals surface area contributed by atoms with Crippen molar-refractivity contribution in [3.8, 4) is 11.4 Å². The van der Waals surface area contributed by atoms with Crippen molar-refractivity contribution in [2.24, 2.45) is 0 Å². The number of benzene rings is 2. The molecule has 30 heavy (non-hydrogen) atoms. The first-order chi connectivity index (χ1) is 14.7. The molecule has 0 aliphatic carbocycles. The molecule has 1 fully saturated rings. The minimum Gasteiger partial charge on any atom is -0.341 e. The molecule has 1 aliphatic rings. The third-order valence-corrected chi connectivity index (χ3v) is 5.98. The first kappa shape index (κ1) is 18.6. The Labute approximate surface area is 175 Å². The van der Waals surface area contributed by atoms with E-state index in [1.165, 1.54) is 5.39 Å². The van der Waals surface area contributed by atoms with Gasteiger partial charge in [0.1, 0.15) is 6.54 Å². The van der Waals surface area contributed by atoms with E-state index < -0.39 is 0 Å². The van der Waals surface area contributed by atoms with Gasteiger partial charge in [-0.15, -0.1) is 0 Å². The highest BCUT2D eigenvalue weighted by molar-refractivity contribution is 5.84. The lowest BCUT2D eigenvalue weighted by Gasteiger charge is -2.30. The van der Waals surface area contributed by atoms with Crippen molar-refractivity contribution in [1.29, 1.82) is 0 Å². The van der Waals surface area contributed by atoms with Crippen LogP contribution in [0.15, 0.2) is 65.2 Å². The Morgan fingerprint density at radius 1 is 1.07 bits per heavy atom. The summed E-state index contributed by atoms with van der Waals surface area (Å²) in [5.74, 6) is 1.66. The number of hydrogen-bond acceptors (Lipinski definition) is 4. The number of aromatic nitrogens is 3. The Hall–Kier alpha value is -3.41. The molecule has 2 aromatic carbocycles. The van der Waals surface area contributed by atoms with Gasteiger partial charge in [-0.05, 0) is 37.3 Å². The zero-order valence-electron chi connectivity index (χ0n) is 17.0. The second kappa shape index (κ2) is 7.78. The summed E-state index contributed by atoms with van der Waals surface area (Å²) in [6.07, 6.45) is 1.68. The van der Waals surface area contributed by atoms with Gasteiger partial charge in [0.05, 0.1) is 0 Å². The normalized spacial score (nSPS) is 15.0. The maximum atomic E-state index is 12.9. The number of para-hydroxylation sites is 1. The first-order valence-electron chi connectivity index (χ1n) is 10.4. The highest BCUT2D eigenvalue weighted by Gasteiger charge is 2.28. The lowest BCUT2D eigenvalue weighted by Crippen LogP contribution is -2.39. The maximum Gasteiger partial charge on any atom is 0.242 e. The van der Waals surface area contributed by atoms with Gasteiger partial charge in [-0.1, -0.05) is 53.7 Å². The number of amides is 1. The van der Waals surface area contributed by atoms with Gasteiger partial charge in [-0.3, -0.25) is 4.79 Å². The van der Waals surface area contributed by atoms with Crippen LogP contribution < -0.4 is 0 Å². The van der Waals surface area contributed by atoms with Gasteiger partial charge < -0.3 is 14.0 Å². The lowest BCUT2D eigenvalue weighted by atomic mass is 9.96. The second-order valence-electron chi connectivity index (χ2n) is 7.91. The number of nitrogens with zero attached hydrogens (tertiary/aromatic N) is 4. The minimum atomic E-state index is 0.161. The quantitative estimate of drug-likeness (QED) is 0.509. The molecule has 0 spiro atoms. The average Bonchev–Trinajstić information content (AvgIpc) is 3.40. The first-order valence-corrected chi connectivity index (χ1v) is 10.4. The van der Waals surface area contributed by atoms with Crippen LogP contribution in [0.5, 0.6) is 0 Å². The molecule has 0 bridgehead atoms. The van der Waals surface area contributed by atoms with E-state index in [0.717, 1.165) is 29.6 Å². The monoisotopic (exact) mass is 400 g/mol. The minimum absolute atomic E-state index is 0.161. The number of piperidine rings is 1. The summed E-state index contributed by atoms with van der Waals surface area (Å²) >= 11 is 0. The van der Waals surface area contributed by atoms with E-state index in [9.17, 15) is 4.79 Å². The van der Waals surface area contributed by atoms with Gasteiger partial charge in [0.15, 0.2) is 0 Å². The molecule has 2 aromatic heterocycles. The summed E-state index contributed by atoms with van der Waals surface area (Å²) in [5, 5.41) is 5.31. The van der Waals surface area contributed by atoms with Crippen LogP contribution >= 0.6 is 0 Å². The van der Waals surface area contributed by atoms with E-state index in [1.54, 1.807) is 0 Å². The summed E-state index contributed by atoms with van der Waals surface area (Å²) in [5.41, 5.74) is 3.17. The van der Waals surface area contributed by atoms with E-state index in [0.29, 0.717) is 31.3 Å². The van der Waals surface area contributed by atoms with Gasteiger partial charge >= 0.3 is 0 Å². The number of aryl methyl sites for hydroxylation is 1. The standard InChI is InChI=1S/C24H24N4O2/c1-17-15-20-9-5-6-10-21(20)28(17)16-22(29)27-13-11-19(12-14-27)24-25-23(26-30-24)18-7-3-2-4-8-18/h2-10,15,19H,11-14,16H2,1H3. The summed E-state index contributed by atoms with van der Waals surface area (Å²) in [6, 6.07) is 20.2. The molecule has 0 saturated carbocycles. The number of fused-ring (bicyclic) bond motifs is 1. The Morgan fingerprint density at radius 3 is 2.60 bits per heavy atom. The zero-order valence-corrected chi connectivity index (χ0v) is 17.0. The SMILES string of the molecule is Cc1cc2ccccc2n1CC(=O)N1CCC(c2nc(-c3ccccc3)no2)CC1. The van der Waals surface area contributed by atoms with E-state index in [2.05, 4.69) is 39.8 Å². The van der Waals surface area contributed by atoms with Crippen molar-refractivity contribution < 1.29 is 9.32 Å². The predicted octanol–water partition coefficient (Wildman–Crippen LogP) is 4.41. The highest BCUT2D eigenvalue weighted by Crippen LogP contribution is 2.29. The molecule has 3 heterocycles. The molecule has 1 saturated heterocycles. The molecule has 1 amide bonds. The van der Waals surface area contributed by atoms with E-state index in [4.69, 9.17) is 4.52 Å². The van der Waals surface area contributed by atoms with Crippen LogP contribution in [0.4, 0.5) is 0 Å². The van der Waals surface area contributed by atoms with Gasteiger partial charge in [0.25, 0.3) is 0 Å². The topological polar surface area (TPSA) is 64.2 Å². The fraction of sp³-hybridized carbons (Fsp3) is 0.292. The summed E-state index contributed by atoms with van der Waals surface area (Å²) in [7, 11) is 0. The Kier molecular flexibility index (Phi) is 4.83. The Morgan fingerprint density at radius 2 is 1.80 bits per heavy atom. The molecular weight excluding hydrogens is 376 g/mol. The molecule has 4 aromatic rings. The van der Waals surface area contributed by atoms with Crippen LogP contribution in [-0.4, -0.2) is 38.6 Å². The van der Waals surface area contributed by atoms with Gasteiger partial charge in [0.2, 0.25) is 17.6 Å². The van der Waals surface area contributed by atoms with Crippen LogP contribution in [0.25, 0.3) is 22.3 Å². The average molecular weight is 400 g/mol. The van der Waals surface area contributed by atoms with Crippen LogP contribution in [-0.2, 0) is 11.3 Å². The van der Waals surface area contributed by atoms with Crippen LogP contribution in [0, 0.1) is 6.92 Å². The Balaban J connectivity index is 1.23. The third kappa shape index (κ3) is 3.49. The lowest BCUT2D eigenvalue weighted by molar-refractivity contribution is -0.132. The number of carbonyl (C=O) groups is 1. The largest absolute Gasteiger partial charge is 0.341 e. The van der Waals surface area contributed by atoms with Gasteiger partial charge in [-0.25, -0.2) is 0 Å². The molecule has 152 valence electrons. The number of rotatable bonds is 4. The van der Waals surface area contributed by atoms with Crippen LogP contribution in [0.1, 0.15) is 30.3 Å². The molecular formula is C24H24N4O2. The number of likely N-dealkylation sites (tertiary alicyclic amines) is 1. The molecule has 6 heteroatoms. The molecule has 0 unspecified atom stereocenters. The number of carbonyl (C=O) groups excluding carboxylic acids is 1. The smallest absolute Gasteiger partial charge is 0.242 e.